The van der Waals surface area contributed by atoms with Gasteiger partial charge < -0.3 is 5.32 Å². The van der Waals surface area contributed by atoms with E-state index in [1.807, 2.05) is 30.3 Å². The van der Waals surface area contributed by atoms with Crippen LogP contribution in [0.2, 0.25) is 10.0 Å². The van der Waals surface area contributed by atoms with Gasteiger partial charge >= 0.3 is 0 Å². The highest BCUT2D eigenvalue weighted by Crippen LogP contribution is 2.37. The second kappa shape index (κ2) is 6.77. The molecule has 4 aromatic rings. The van der Waals surface area contributed by atoms with Crippen molar-refractivity contribution in [2.45, 2.75) is 0 Å². The van der Waals surface area contributed by atoms with Gasteiger partial charge in [-0.3, -0.25) is 4.79 Å². The molecule has 0 saturated carbocycles. The number of amides is 1. The van der Waals surface area contributed by atoms with Crippen LogP contribution in [0.25, 0.3) is 20.7 Å². The van der Waals surface area contributed by atoms with Crippen molar-refractivity contribution >= 4 is 67.7 Å². The first-order valence-electron chi connectivity index (χ1n) is 7.30. The summed E-state index contributed by atoms with van der Waals surface area (Å²) in [7, 11) is 0. The van der Waals surface area contributed by atoms with Gasteiger partial charge in [0.15, 0.2) is 0 Å². The largest absolute Gasteiger partial charge is 0.320 e. The van der Waals surface area contributed by atoms with Crippen LogP contribution in [-0.4, -0.2) is 10.9 Å². The summed E-state index contributed by atoms with van der Waals surface area (Å²) in [4.78, 5) is 18.3. The van der Waals surface area contributed by atoms with Gasteiger partial charge in [-0.1, -0.05) is 35.3 Å². The molecule has 2 heterocycles. The molecule has 0 spiro atoms. The third-order valence-electron chi connectivity index (χ3n) is 3.64. The van der Waals surface area contributed by atoms with Crippen molar-refractivity contribution in [2.75, 3.05) is 5.32 Å². The number of nitrogens with zero attached hydrogens (tertiary/aromatic N) is 1. The average Bonchev–Trinajstić information content (AvgIpc) is 3.24. The molecule has 2 aromatic heterocycles. The number of thiazole rings is 1. The number of carbonyl (C=O) groups excluding carboxylic acids is 1. The van der Waals surface area contributed by atoms with Gasteiger partial charge in [0.25, 0.3) is 5.91 Å². The third kappa shape index (κ3) is 3.28. The quantitative estimate of drug-likeness (QED) is 0.418. The summed E-state index contributed by atoms with van der Waals surface area (Å²) in [5.74, 6) is -0.195. The molecule has 0 aliphatic carbocycles. The summed E-state index contributed by atoms with van der Waals surface area (Å²) in [5.41, 5.74) is 4.17. The summed E-state index contributed by atoms with van der Waals surface area (Å²) in [5, 5.41) is 3.96. The van der Waals surface area contributed by atoms with E-state index in [2.05, 4.69) is 10.3 Å². The van der Waals surface area contributed by atoms with Crippen molar-refractivity contribution in [2.24, 2.45) is 0 Å². The molecule has 0 bridgehead atoms. The summed E-state index contributed by atoms with van der Waals surface area (Å²) in [6.45, 7) is 0. The topological polar surface area (TPSA) is 42.0 Å². The minimum absolute atomic E-state index is 0.195. The van der Waals surface area contributed by atoms with E-state index in [0.29, 0.717) is 20.6 Å². The number of hydrogen-bond donors (Lipinski definition) is 1. The predicted octanol–water partition coefficient (Wildman–Crippen LogP) is 6.58. The summed E-state index contributed by atoms with van der Waals surface area (Å²) < 4.78 is 1.06. The SMILES string of the molecule is O=C(Nc1ccccc1Cl)c1ccc(-c2cc3scnc3cc2Cl)s1. The highest BCUT2D eigenvalue weighted by Gasteiger charge is 2.14. The molecule has 0 aliphatic rings. The Bertz CT molecular complexity index is 1090. The van der Waals surface area contributed by atoms with Crippen LogP contribution < -0.4 is 5.32 Å². The van der Waals surface area contributed by atoms with Crippen LogP contribution in [0, 0.1) is 0 Å². The van der Waals surface area contributed by atoms with Gasteiger partial charge in [0, 0.05) is 10.4 Å². The molecule has 0 aliphatic heterocycles. The zero-order valence-electron chi connectivity index (χ0n) is 12.6. The van der Waals surface area contributed by atoms with Gasteiger partial charge in [-0.25, -0.2) is 4.98 Å². The fourth-order valence-electron chi connectivity index (χ4n) is 2.42. The van der Waals surface area contributed by atoms with Crippen molar-refractivity contribution in [3.05, 3.63) is 69.0 Å². The van der Waals surface area contributed by atoms with E-state index in [1.165, 1.54) is 11.3 Å². The monoisotopic (exact) mass is 404 g/mol. The van der Waals surface area contributed by atoms with E-state index in [9.17, 15) is 4.79 Å². The minimum Gasteiger partial charge on any atom is -0.320 e. The van der Waals surface area contributed by atoms with Crippen molar-refractivity contribution in [3.8, 4) is 10.4 Å². The summed E-state index contributed by atoms with van der Waals surface area (Å²) >= 11 is 15.4. The van der Waals surface area contributed by atoms with Crippen molar-refractivity contribution in [1.82, 2.24) is 4.98 Å². The number of aromatic nitrogens is 1. The first-order chi connectivity index (χ1) is 12.1. The van der Waals surface area contributed by atoms with Crippen LogP contribution in [0.5, 0.6) is 0 Å². The molecule has 0 unspecified atom stereocenters. The van der Waals surface area contributed by atoms with Crippen molar-refractivity contribution in [3.63, 3.8) is 0 Å². The second-order valence-electron chi connectivity index (χ2n) is 5.25. The number of halogens is 2. The van der Waals surface area contributed by atoms with E-state index in [0.717, 1.165) is 20.7 Å². The maximum absolute atomic E-state index is 12.5. The number of thiophene rings is 1. The van der Waals surface area contributed by atoms with Crippen LogP contribution >= 0.6 is 45.9 Å². The lowest BCUT2D eigenvalue weighted by Crippen LogP contribution is -2.10. The van der Waals surface area contributed by atoms with Gasteiger partial charge in [-0.05, 0) is 36.4 Å². The predicted molar refractivity (Wildman–Crippen MR) is 107 cm³/mol. The van der Waals surface area contributed by atoms with Crippen LogP contribution in [0.3, 0.4) is 0 Å². The van der Waals surface area contributed by atoms with Gasteiger partial charge in [0.05, 0.1) is 36.3 Å². The molecule has 7 heteroatoms. The summed E-state index contributed by atoms with van der Waals surface area (Å²) in [6, 6.07) is 14.7. The Morgan fingerprint density at radius 2 is 1.88 bits per heavy atom. The van der Waals surface area contributed by atoms with Crippen molar-refractivity contribution in [1.29, 1.82) is 0 Å². The molecule has 4 rings (SSSR count). The highest BCUT2D eigenvalue weighted by atomic mass is 35.5. The molecule has 2 aromatic carbocycles. The molecular weight excluding hydrogens is 395 g/mol. The molecule has 1 amide bonds. The zero-order chi connectivity index (χ0) is 17.4. The van der Waals surface area contributed by atoms with E-state index >= 15 is 0 Å². The van der Waals surface area contributed by atoms with Crippen LogP contribution in [0.1, 0.15) is 9.67 Å². The standard InChI is InChI=1S/C18H10Cl2N2OS2/c19-11-3-1-2-4-13(11)22-18(23)16-6-5-15(25-16)10-7-17-14(8-12(10)20)21-9-24-17/h1-9H,(H,22,23). The molecule has 0 saturated heterocycles. The minimum atomic E-state index is -0.195. The fraction of sp³-hybridized carbons (Fsp3) is 0. The van der Waals surface area contributed by atoms with E-state index in [-0.39, 0.29) is 5.91 Å². The summed E-state index contributed by atoms with van der Waals surface area (Å²) in [6.07, 6.45) is 0. The average molecular weight is 405 g/mol. The first kappa shape index (κ1) is 16.5. The Hall–Kier alpha value is -1.92. The molecule has 0 radical (unpaired) electrons. The lowest BCUT2D eigenvalue weighted by molar-refractivity contribution is 0.103. The Morgan fingerprint density at radius 1 is 1.04 bits per heavy atom. The zero-order valence-corrected chi connectivity index (χ0v) is 15.8. The van der Waals surface area contributed by atoms with Gasteiger partial charge in [0.1, 0.15) is 0 Å². The van der Waals surface area contributed by atoms with Crippen LogP contribution in [0.15, 0.2) is 54.0 Å². The Kier molecular flexibility index (Phi) is 4.48. The number of benzene rings is 2. The number of nitrogens with one attached hydrogen (secondary N) is 1. The third-order valence-corrected chi connectivity index (χ3v) is 6.19. The van der Waals surface area contributed by atoms with E-state index < -0.39 is 0 Å². The van der Waals surface area contributed by atoms with Gasteiger partial charge in [-0.15, -0.1) is 22.7 Å². The highest BCUT2D eigenvalue weighted by molar-refractivity contribution is 7.18. The second-order valence-corrected chi connectivity index (χ2v) is 8.03. The molecule has 0 atom stereocenters. The Balaban J connectivity index is 1.64. The van der Waals surface area contributed by atoms with Crippen LogP contribution in [0.4, 0.5) is 5.69 Å². The molecule has 3 nitrogen and oxygen atoms in total. The Morgan fingerprint density at radius 3 is 2.72 bits per heavy atom. The lowest BCUT2D eigenvalue weighted by atomic mass is 10.2. The number of rotatable bonds is 3. The number of carbonyl (C=O) groups is 1. The molecular formula is C18H10Cl2N2OS2. The smallest absolute Gasteiger partial charge is 0.265 e. The number of anilines is 1. The maximum atomic E-state index is 12.5. The fourth-order valence-corrected chi connectivity index (χ4v) is 4.55. The van der Waals surface area contributed by atoms with Gasteiger partial charge in [-0.2, -0.15) is 0 Å². The molecule has 0 fully saturated rings. The Labute approximate surface area is 161 Å². The number of fused-ring (bicyclic) bond motifs is 1. The number of para-hydroxylation sites is 1. The number of hydrogen-bond acceptors (Lipinski definition) is 4. The van der Waals surface area contributed by atoms with Gasteiger partial charge in [0.2, 0.25) is 0 Å². The molecule has 25 heavy (non-hydrogen) atoms. The van der Waals surface area contributed by atoms with Crippen molar-refractivity contribution < 1.29 is 4.79 Å². The molecule has 124 valence electrons. The molecule has 1 N–H and O–H groups in total. The lowest BCUT2D eigenvalue weighted by Gasteiger charge is -2.05. The normalized spacial score (nSPS) is 11.0. The van der Waals surface area contributed by atoms with E-state index in [4.69, 9.17) is 23.2 Å². The van der Waals surface area contributed by atoms with E-state index in [1.54, 1.807) is 35.0 Å². The maximum Gasteiger partial charge on any atom is 0.265 e. The first-order valence-corrected chi connectivity index (χ1v) is 9.76. The van der Waals surface area contributed by atoms with Crippen LogP contribution in [-0.2, 0) is 0 Å².